The van der Waals surface area contributed by atoms with E-state index in [0.717, 1.165) is 26.3 Å². The van der Waals surface area contributed by atoms with Gasteiger partial charge in [-0.05, 0) is 18.6 Å². The fraction of sp³-hybridized carbons (Fsp3) is 0.182. The highest BCUT2D eigenvalue weighted by atomic mass is 32.1. The molecule has 0 radical (unpaired) electrons. The highest BCUT2D eigenvalue weighted by molar-refractivity contribution is 7.20. The minimum atomic E-state index is 0.768. The smallest absolute Gasteiger partial charge is 0.136 e. The Morgan fingerprint density at radius 3 is 2.86 bits per heavy atom. The van der Waals surface area contributed by atoms with Crippen LogP contribution in [0.1, 0.15) is 10.4 Å². The van der Waals surface area contributed by atoms with Gasteiger partial charge in [0.05, 0.1) is 11.8 Å². The highest BCUT2D eigenvalue weighted by Crippen LogP contribution is 2.36. The quantitative estimate of drug-likeness (QED) is 0.713. The maximum absolute atomic E-state index is 8.90. The van der Waals surface area contributed by atoms with Gasteiger partial charge in [0.1, 0.15) is 16.7 Å². The lowest BCUT2D eigenvalue weighted by Gasteiger charge is -1.99. The van der Waals surface area contributed by atoms with E-state index in [4.69, 9.17) is 10.00 Å². The molecule has 3 heteroatoms. The van der Waals surface area contributed by atoms with Gasteiger partial charge in [0.2, 0.25) is 0 Å². The average Bonchev–Trinajstić information content (AvgIpc) is 2.55. The third-order valence-corrected chi connectivity index (χ3v) is 3.48. The number of aryl methyl sites for hydroxylation is 1. The topological polar surface area (TPSA) is 33.0 Å². The first-order valence-corrected chi connectivity index (χ1v) is 5.05. The van der Waals surface area contributed by atoms with E-state index in [1.54, 1.807) is 7.11 Å². The predicted octanol–water partition coefficient (Wildman–Crippen LogP) is 3.09. The van der Waals surface area contributed by atoms with Crippen molar-refractivity contribution in [1.82, 2.24) is 0 Å². The standard InChI is InChI=1S/C11H9NOS/c1-7-8-4-3-5-9(13-2)11(8)14-10(7)6-12/h3-5H,1-2H3. The molecule has 70 valence electrons. The van der Waals surface area contributed by atoms with Crippen LogP contribution in [0.3, 0.4) is 0 Å². The van der Waals surface area contributed by atoms with E-state index >= 15 is 0 Å². The van der Waals surface area contributed by atoms with E-state index < -0.39 is 0 Å². The second-order valence-corrected chi connectivity index (χ2v) is 4.03. The van der Waals surface area contributed by atoms with Crippen LogP contribution in [-0.4, -0.2) is 7.11 Å². The molecule has 0 atom stereocenters. The zero-order chi connectivity index (χ0) is 10.1. The molecule has 0 amide bonds. The Balaban J connectivity index is 2.85. The maximum Gasteiger partial charge on any atom is 0.136 e. The molecule has 0 N–H and O–H groups in total. The van der Waals surface area contributed by atoms with Crippen LogP contribution in [0.4, 0.5) is 0 Å². The van der Waals surface area contributed by atoms with Crippen molar-refractivity contribution in [3.05, 3.63) is 28.6 Å². The minimum Gasteiger partial charge on any atom is -0.495 e. The van der Waals surface area contributed by atoms with Crippen molar-refractivity contribution in [3.8, 4) is 11.8 Å². The van der Waals surface area contributed by atoms with Crippen molar-refractivity contribution >= 4 is 21.4 Å². The summed E-state index contributed by atoms with van der Waals surface area (Å²) in [6, 6.07) is 8.08. The summed E-state index contributed by atoms with van der Waals surface area (Å²) in [5.74, 6) is 0.845. The Bertz CT molecular complexity index is 522. The minimum absolute atomic E-state index is 0.768. The van der Waals surface area contributed by atoms with Gasteiger partial charge in [-0.3, -0.25) is 0 Å². The molecule has 14 heavy (non-hydrogen) atoms. The summed E-state index contributed by atoms with van der Waals surface area (Å²) in [5, 5.41) is 10.0. The Kier molecular flexibility index (Phi) is 2.14. The Morgan fingerprint density at radius 2 is 2.21 bits per heavy atom. The molecule has 0 saturated carbocycles. The monoisotopic (exact) mass is 203 g/mol. The number of benzene rings is 1. The normalized spacial score (nSPS) is 10.1. The number of rotatable bonds is 1. The molecule has 2 rings (SSSR count). The second-order valence-electron chi connectivity index (χ2n) is 3.00. The number of hydrogen-bond acceptors (Lipinski definition) is 3. The molecule has 0 spiro atoms. The van der Waals surface area contributed by atoms with E-state index in [0.29, 0.717) is 0 Å². The van der Waals surface area contributed by atoms with E-state index in [2.05, 4.69) is 6.07 Å². The third kappa shape index (κ3) is 1.16. The van der Waals surface area contributed by atoms with E-state index in [9.17, 15) is 0 Å². The highest BCUT2D eigenvalue weighted by Gasteiger charge is 2.10. The van der Waals surface area contributed by atoms with Crippen LogP contribution in [0.25, 0.3) is 10.1 Å². The van der Waals surface area contributed by atoms with Gasteiger partial charge in [0, 0.05) is 5.39 Å². The number of nitriles is 1. The first kappa shape index (κ1) is 9.04. The second kappa shape index (κ2) is 3.32. The molecular formula is C11H9NOS. The molecule has 0 aliphatic carbocycles. The summed E-state index contributed by atoms with van der Waals surface area (Å²) < 4.78 is 6.30. The van der Waals surface area contributed by atoms with Crippen molar-refractivity contribution < 1.29 is 4.74 Å². The van der Waals surface area contributed by atoms with Crippen LogP contribution in [-0.2, 0) is 0 Å². The lowest BCUT2D eigenvalue weighted by molar-refractivity contribution is 0.420. The lowest BCUT2D eigenvalue weighted by atomic mass is 10.1. The Labute approximate surface area is 86.4 Å². The number of ether oxygens (including phenoxy) is 1. The van der Waals surface area contributed by atoms with Gasteiger partial charge >= 0.3 is 0 Å². The van der Waals surface area contributed by atoms with Gasteiger partial charge in [0.15, 0.2) is 0 Å². The first-order chi connectivity index (χ1) is 6.77. The number of methoxy groups -OCH3 is 1. The van der Waals surface area contributed by atoms with Crippen molar-refractivity contribution in [2.45, 2.75) is 6.92 Å². The molecule has 1 heterocycles. The van der Waals surface area contributed by atoms with Gasteiger partial charge < -0.3 is 4.74 Å². The zero-order valence-corrected chi connectivity index (χ0v) is 8.81. The van der Waals surface area contributed by atoms with Gasteiger partial charge in [0.25, 0.3) is 0 Å². The number of nitrogens with zero attached hydrogens (tertiary/aromatic N) is 1. The predicted molar refractivity (Wildman–Crippen MR) is 57.8 cm³/mol. The molecule has 1 aromatic carbocycles. The summed E-state index contributed by atoms with van der Waals surface area (Å²) in [4.78, 5) is 0.768. The van der Waals surface area contributed by atoms with Gasteiger partial charge in [-0.2, -0.15) is 5.26 Å². The summed E-state index contributed by atoms with van der Waals surface area (Å²) >= 11 is 1.49. The zero-order valence-electron chi connectivity index (χ0n) is 8.00. The molecule has 0 unspecified atom stereocenters. The van der Waals surface area contributed by atoms with E-state index in [-0.39, 0.29) is 0 Å². The summed E-state index contributed by atoms with van der Waals surface area (Å²) in [7, 11) is 1.65. The molecular weight excluding hydrogens is 194 g/mol. The maximum atomic E-state index is 8.90. The molecule has 0 bridgehead atoms. The third-order valence-electron chi connectivity index (χ3n) is 2.25. The molecule has 0 aliphatic rings. The van der Waals surface area contributed by atoms with Crippen LogP contribution < -0.4 is 4.74 Å². The van der Waals surface area contributed by atoms with E-state index in [1.165, 1.54) is 11.3 Å². The SMILES string of the molecule is COc1cccc2c(C)c(C#N)sc12. The Hall–Kier alpha value is -1.53. The van der Waals surface area contributed by atoms with Crippen molar-refractivity contribution in [2.24, 2.45) is 0 Å². The lowest BCUT2D eigenvalue weighted by Crippen LogP contribution is -1.81. The number of thiophene rings is 1. The first-order valence-electron chi connectivity index (χ1n) is 4.24. The van der Waals surface area contributed by atoms with Crippen LogP contribution in [0, 0.1) is 18.3 Å². The molecule has 2 nitrogen and oxygen atoms in total. The largest absolute Gasteiger partial charge is 0.495 e. The van der Waals surface area contributed by atoms with Gasteiger partial charge in [-0.15, -0.1) is 11.3 Å². The van der Waals surface area contributed by atoms with Crippen LogP contribution >= 0.6 is 11.3 Å². The number of fused-ring (bicyclic) bond motifs is 1. The van der Waals surface area contributed by atoms with Crippen LogP contribution in [0.5, 0.6) is 5.75 Å². The summed E-state index contributed by atoms with van der Waals surface area (Å²) in [6.45, 7) is 1.97. The molecule has 2 aromatic rings. The van der Waals surface area contributed by atoms with Gasteiger partial charge in [-0.25, -0.2) is 0 Å². The van der Waals surface area contributed by atoms with Crippen molar-refractivity contribution in [2.75, 3.05) is 7.11 Å². The van der Waals surface area contributed by atoms with Gasteiger partial charge in [-0.1, -0.05) is 12.1 Å². The molecule has 1 aromatic heterocycles. The fourth-order valence-corrected chi connectivity index (χ4v) is 2.58. The van der Waals surface area contributed by atoms with Crippen molar-refractivity contribution in [3.63, 3.8) is 0 Å². The molecule has 0 aliphatic heterocycles. The molecule has 0 saturated heterocycles. The van der Waals surface area contributed by atoms with Crippen molar-refractivity contribution in [1.29, 1.82) is 5.26 Å². The van der Waals surface area contributed by atoms with Crippen LogP contribution in [0.2, 0.25) is 0 Å². The Morgan fingerprint density at radius 1 is 1.43 bits per heavy atom. The average molecular weight is 203 g/mol. The fourth-order valence-electron chi connectivity index (χ4n) is 1.48. The summed E-state index contributed by atoms with van der Waals surface area (Å²) in [5.41, 5.74) is 1.05. The van der Waals surface area contributed by atoms with E-state index in [1.807, 2.05) is 25.1 Å². The number of hydrogen-bond donors (Lipinski definition) is 0. The molecule has 0 fully saturated rings. The summed E-state index contributed by atoms with van der Waals surface area (Å²) in [6.07, 6.45) is 0. The van der Waals surface area contributed by atoms with Crippen LogP contribution in [0.15, 0.2) is 18.2 Å².